The quantitative estimate of drug-likeness (QED) is 0.434. The van der Waals surface area contributed by atoms with Crippen LogP contribution in [0.5, 0.6) is 5.75 Å². The molecule has 0 aromatic heterocycles. The molecule has 1 fully saturated rings. The Morgan fingerprint density at radius 3 is 2.63 bits per heavy atom. The van der Waals surface area contributed by atoms with E-state index in [0.717, 1.165) is 16.8 Å². The predicted molar refractivity (Wildman–Crippen MR) is 121 cm³/mol. The Labute approximate surface area is 190 Å². The first kappa shape index (κ1) is 22.0. The number of hydrogen-bond acceptors (Lipinski definition) is 6. The summed E-state index contributed by atoms with van der Waals surface area (Å²) in [6.07, 6.45) is 1.46. The van der Waals surface area contributed by atoms with Gasteiger partial charge < -0.3 is 9.84 Å². The SMILES string of the molecule is O=C(O)CCOc1ccccc1/C=C1/SC(=S)N(NC(=O)c2ccccc2Br)C1=O. The molecule has 2 aromatic rings. The van der Waals surface area contributed by atoms with Crippen LogP contribution in [-0.4, -0.2) is 38.8 Å². The zero-order valence-corrected chi connectivity index (χ0v) is 18.6. The number of ether oxygens (including phenoxy) is 1. The van der Waals surface area contributed by atoms with Crippen LogP contribution in [0.2, 0.25) is 0 Å². The smallest absolute Gasteiger partial charge is 0.306 e. The van der Waals surface area contributed by atoms with Crippen LogP contribution >= 0.6 is 39.9 Å². The van der Waals surface area contributed by atoms with Gasteiger partial charge in [-0.2, -0.15) is 5.01 Å². The number of benzene rings is 2. The highest BCUT2D eigenvalue weighted by Gasteiger charge is 2.34. The lowest BCUT2D eigenvalue weighted by Crippen LogP contribution is -2.44. The number of carboxylic acids is 1. The van der Waals surface area contributed by atoms with E-state index >= 15 is 0 Å². The van der Waals surface area contributed by atoms with Crippen LogP contribution in [0, 0.1) is 0 Å². The first-order valence-electron chi connectivity index (χ1n) is 8.64. The standard InChI is InChI=1S/C20H15BrN2O5S2/c21-14-7-3-2-6-13(14)18(26)22-23-19(27)16(30-20(23)29)11-12-5-1-4-8-15(12)28-10-9-17(24)25/h1-8,11H,9-10H2,(H,22,26)(H,24,25)/b16-11+. The number of carbonyl (C=O) groups is 3. The molecular weight excluding hydrogens is 492 g/mol. The maximum atomic E-state index is 12.8. The molecular formula is C20H15BrN2O5S2. The molecule has 1 aliphatic heterocycles. The van der Waals surface area contributed by atoms with E-state index in [4.69, 9.17) is 22.1 Å². The summed E-state index contributed by atoms with van der Waals surface area (Å²) in [7, 11) is 0. The van der Waals surface area contributed by atoms with Crippen LogP contribution in [0.15, 0.2) is 57.9 Å². The number of carbonyl (C=O) groups excluding carboxylic acids is 2. The molecule has 7 nitrogen and oxygen atoms in total. The Morgan fingerprint density at radius 1 is 1.20 bits per heavy atom. The number of amides is 2. The third-order valence-electron chi connectivity index (χ3n) is 3.90. The number of nitrogens with one attached hydrogen (secondary N) is 1. The van der Waals surface area contributed by atoms with E-state index in [1.165, 1.54) is 0 Å². The second-order valence-corrected chi connectivity index (χ2v) is 8.50. The van der Waals surface area contributed by atoms with Crippen LogP contribution in [0.4, 0.5) is 0 Å². The second-order valence-electron chi connectivity index (χ2n) is 5.97. The summed E-state index contributed by atoms with van der Waals surface area (Å²) in [6.45, 7) is 0.00313. The molecule has 10 heteroatoms. The summed E-state index contributed by atoms with van der Waals surface area (Å²) in [4.78, 5) is 36.3. The first-order chi connectivity index (χ1) is 14.4. The summed E-state index contributed by atoms with van der Waals surface area (Å²) < 4.78 is 6.30. The van der Waals surface area contributed by atoms with Gasteiger partial charge in [-0.1, -0.05) is 42.1 Å². The van der Waals surface area contributed by atoms with Gasteiger partial charge in [0.15, 0.2) is 4.32 Å². The summed E-state index contributed by atoms with van der Waals surface area (Å²) in [6, 6.07) is 13.8. The predicted octanol–water partition coefficient (Wildman–Crippen LogP) is 3.85. The minimum absolute atomic E-state index is 0.00313. The molecule has 2 N–H and O–H groups in total. The van der Waals surface area contributed by atoms with Crippen molar-refractivity contribution < 1.29 is 24.2 Å². The lowest BCUT2D eigenvalue weighted by Gasteiger charge is -2.16. The second kappa shape index (κ2) is 9.88. The molecule has 1 saturated heterocycles. The van der Waals surface area contributed by atoms with Crippen molar-refractivity contribution in [2.45, 2.75) is 6.42 Å². The van der Waals surface area contributed by atoms with Crippen molar-refractivity contribution in [1.82, 2.24) is 10.4 Å². The van der Waals surface area contributed by atoms with Crippen molar-refractivity contribution in [3.8, 4) is 5.75 Å². The molecule has 154 valence electrons. The summed E-state index contributed by atoms with van der Waals surface area (Å²) in [5.74, 6) is -1.46. The van der Waals surface area contributed by atoms with Crippen LogP contribution in [0.1, 0.15) is 22.3 Å². The number of rotatable bonds is 7. The number of halogens is 1. The Hall–Kier alpha value is -2.69. The van der Waals surface area contributed by atoms with Crippen LogP contribution in [0.25, 0.3) is 6.08 Å². The van der Waals surface area contributed by atoms with Crippen molar-refractivity contribution in [3.05, 3.63) is 69.0 Å². The van der Waals surface area contributed by atoms with Crippen molar-refractivity contribution in [2.24, 2.45) is 0 Å². The molecule has 0 saturated carbocycles. The van der Waals surface area contributed by atoms with Crippen molar-refractivity contribution >= 4 is 68.1 Å². The zero-order chi connectivity index (χ0) is 21.7. The summed E-state index contributed by atoms with van der Waals surface area (Å²) in [5.41, 5.74) is 3.49. The maximum absolute atomic E-state index is 12.8. The van der Waals surface area contributed by atoms with Gasteiger partial charge in [-0.15, -0.1) is 0 Å². The first-order valence-corrected chi connectivity index (χ1v) is 10.7. The molecule has 0 aliphatic carbocycles. The number of para-hydroxylation sites is 1. The normalized spacial score (nSPS) is 14.8. The minimum atomic E-state index is -0.964. The average Bonchev–Trinajstić information content (AvgIpc) is 2.96. The van der Waals surface area contributed by atoms with Crippen LogP contribution in [0.3, 0.4) is 0 Å². The van der Waals surface area contributed by atoms with Gasteiger partial charge >= 0.3 is 5.97 Å². The Kier molecular flexibility index (Phi) is 7.24. The molecule has 0 radical (unpaired) electrons. The monoisotopic (exact) mass is 506 g/mol. The van der Waals surface area contributed by atoms with Gasteiger partial charge in [0.2, 0.25) is 0 Å². The van der Waals surface area contributed by atoms with E-state index in [2.05, 4.69) is 21.4 Å². The highest BCUT2D eigenvalue weighted by atomic mass is 79.9. The molecule has 2 amide bonds. The minimum Gasteiger partial charge on any atom is -0.492 e. The van der Waals surface area contributed by atoms with E-state index in [-0.39, 0.29) is 17.3 Å². The lowest BCUT2D eigenvalue weighted by atomic mass is 10.2. The Balaban J connectivity index is 1.76. The molecule has 0 atom stereocenters. The summed E-state index contributed by atoms with van der Waals surface area (Å²) in [5, 5.41) is 9.79. The molecule has 2 aromatic carbocycles. The topological polar surface area (TPSA) is 95.9 Å². The number of nitrogens with zero attached hydrogens (tertiary/aromatic N) is 1. The maximum Gasteiger partial charge on any atom is 0.306 e. The van der Waals surface area contributed by atoms with Crippen molar-refractivity contribution in [1.29, 1.82) is 0 Å². The third-order valence-corrected chi connectivity index (χ3v) is 5.90. The molecule has 0 unspecified atom stereocenters. The fraction of sp³-hybridized carbons (Fsp3) is 0.100. The molecule has 0 spiro atoms. The van der Waals surface area contributed by atoms with Crippen molar-refractivity contribution in [2.75, 3.05) is 6.61 Å². The van der Waals surface area contributed by atoms with E-state index < -0.39 is 17.8 Å². The van der Waals surface area contributed by atoms with Gasteiger partial charge in [-0.3, -0.25) is 19.8 Å². The number of aliphatic carboxylic acids is 1. The van der Waals surface area contributed by atoms with Crippen LogP contribution < -0.4 is 10.2 Å². The van der Waals surface area contributed by atoms with Crippen molar-refractivity contribution in [3.63, 3.8) is 0 Å². The van der Waals surface area contributed by atoms with Gasteiger partial charge in [0.25, 0.3) is 11.8 Å². The summed E-state index contributed by atoms with van der Waals surface area (Å²) >= 11 is 9.60. The number of thioether (sulfide) groups is 1. The largest absolute Gasteiger partial charge is 0.492 e. The Morgan fingerprint density at radius 2 is 1.90 bits per heavy atom. The number of hydrogen-bond donors (Lipinski definition) is 2. The van der Waals surface area contributed by atoms with E-state index in [1.807, 2.05) is 0 Å². The van der Waals surface area contributed by atoms with Gasteiger partial charge in [0.1, 0.15) is 5.75 Å². The van der Waals surface area contributed by atoms with Gasteiger partial charge in [-0.05, 0) is 52.4 Å². The van der Waals surface area contributed by atoms with E-state index in [9.17, 15) is 14.4 Å². The molecule has 1 aliphatic rings. The van der Waals surface area contributed by atoms with Gasteiger partial charge in [0.05, 0.1) is 23.5 Å². The van der Waals surface area contributed by atoms with E-state index in [1.54, 1.807) is 54.6 Å². The van der Waals surface area contributed by atoms with E-state index in [0.29, 0.717) is 26.3 Å². The number of hydrazine groups is 1. The third kappa shape index (κ3) is 5.26. The number of carboxylic acid groups (broad SMARTS) is 1. The molecule has 1 heterocycles. The zero-order valence-electron chi connectivity index (χ0n) is 15.3. The highest BCUT2D eigenvalue weighted by Crippen LogP contribution is 2.33. The van der Waals surface area contributed by atoms with Gasteiger partial charge in [0, 0.05) is 10.0 Å². The highest BCUT2D eigenvalue weighted by molar-refractivity contribution is 9.10. The number of thiocarbonyl (C=S) groups is 1. The molecule has 0 bridgehead atoms. The molecule has 3 rings (SSSR count). The van der Waals surface area contributed by atoms with Gasteiger partial charge in [-0.25, -0.2) is 0 Å². The fourth-order valence-electron chi connectivity index (χ4n) is 2.49. The lowest BCUT2D eigenvalue weighted by molar-refractivity contribution is -0.137. The molecule has 30 heavy (non-hydrogen) atoms. The van der Waals surface area contributed by atoms with Crippen LogP contribution in [-0.2, 0) is 9.59 Å². The Bertz CT molecular complexity index is 1060. The fourth-order valence-corrected chi connectivity index (χ4v) is 4.13. The average molecular weight is 507 g/mol.